The zero-order valence-electron chi connectivity index (χ0n) is 15.2. The molecule has 28 heavy (non-hydrogen) atoms. The summed E-state index contributed by atoms with van der Waals surface area (Å²) in [6, 6.07) is 16.8. The molecule has 0 aliphatic heterocycles. The summed E-state index contributed by atoms with van der Waals surface area (Å²) >= 11 is 0. The van der Waals surface area contributed by atoms with Crippen LogP contribution in [-0.4, -0.2) is 32.9 Å². The van der Waals surface area contributed by atoms with Gasteiger partial charge in [0.2, 0.25) is 16.1 Å². The quantitative estimate of drug-likeness (QED) is 0.624. The lowest BCUT2D eigenvalue weighted by molar-refractivity contribution is -0.156. The Morgan fingerprint density at radius 2 is 1.61 bits per heavy atom. The fourth-order valence-electron chi connectivity index (χ4n) is 2.57. The molecule has 3 rings (SSSR count). The zero-order valence-corrected chi connectivity index (χ0v) is 16.0. The van der Waals surface area contributed by atoms with Gasteiger partial charge in [0.25, 0.3) is 5.91 Å². The molecule has 0 aromatic heterocycles. The molecule has 2 aromatic carbocycles. The molecule has 0 heterocycles. The lowest BCUT2D eigenvalue weighted by Crippen LogP contribution is -2.34. The predicted octanol–water partition coefficient (Wildman–Crippen LogP) is 1.92. The number of esters is 1. The van der Waals surface area contributed by atoms with Crippen molar-refractivity contribution >= 4 is 21.9 Å². The highest BCUT2D eigenvalue weighted by atomic mass is 32.2. The minimum Gasteiger partial charge on any atom is -0.447 e. The number of carbonyl (C=O) groups is 2. The highest BCUT2D eigenvalue weighted by Gasteiger charge is 2.30. The third kappa shape index (κ3) is 5.64. The van der Waals surface area contributed by atoms with Crippen molar-refractivity contribution in [2.75, 3.05) is 6.54 Å². The Hall–Kier alpha value is -2.71. The van der Waals surface area contributed by atoms with Crippen molar-refractivity contribution in [3.8, 4) is 0 Å². The highest BCUT2D eigenvalue weighted by Crippen LogP contribution is 2.23. The van der Waals surface area contributed by atoms with E-state index in [9.17, 15) is 18.0 Å². The van der Waals surface area contributed by atoms with Gasteiger partial charge < -0.3 is 10.1 Å². The Bertz CT molecular complexity index is 912. The summed E-state index contributed by atoms with van der Waals surface area (Å²) in [5, 5.41) is 2.83. The maximum absolute atomic E-state index is 12.4. The molecule has 2 aromatic rings. The first-order chi connectivity index (χ1) is 13.5. The molecule has 1 atom stereocenters. The summed E-state index contributed by atoms with van der Waals surface area (Å²) in [4.78, 5) is 24.8. The standard InChI is InChI=1S/C20H22N2O5S/c23-18(13-14-21-28(25,26)17-9-5-2-6-10-17)27-19(15-7-3-1-4-8-15)20(24)22-16-11-12-16/h1-10,16,19,21H,11-14H2,(H,22,24)/t19-/m1/s1. The van der Waals surface area contributed by atoms with Gasteiger partial charge in [-0.2, -0.15) is 0 Å². The van der Waals surface area contributed by atoms with E-state index in [0.717, 1.165) is 12.8 Å². The summed E-state index contributed by atoms with van der Waals surface area (Å²) in [7, 11) is -3.70. The first-order valence-electron chi connectivity index (χ1n) is 9.05. The van der Waals surface area contributed by atoms with E-state index in [1.807, 2.05) is 0 Å². The van der Waals surface area contributed by atoms with Crippen LogP contribution in [0.25, 0.3) is 0 Å². The van der Waals surface area contributed by atoms with Crippen molar-refractivity contribution in [2.45, 2.75) is 36.3 Å². The van der Waals surface area contributed by atoms with E-state index in [1.165, 1.54) is 12.1 Å². The molecule has 0 spiro atoms. The molecule has 2 N–H and O–H groups in total. The average molecular weight is 402 g/mol. The van der Waals surface area contributed by atoms with Crippen LogP contribution in [0, 0.1) is 0 Å². The summed E-state index contributed by atoms with van der Waals surface area (Å²) in [6.45, 7) is -0.123. The lowest BCUT2D eigenvalue weighted by atomic mass is 10.1. The molecule has 0 saturated heterocycles. The van der Waals surface area contributed by atoms with E-state index in [2.05, 4.69) is 10.0 Å². The number of rotatable bonds is 9. The number of carbonyl (C=O) groups excluding carboxylic acids is 2. The number of amides is 1. The number of nitrogens with one attached hydrogen (secondary N) is 2. The van der Waals surface area contributed by atoms with Crippen molar-refractivity contribution in [3.05, 3.63) is 66.2 Å². The SMILES string of the molecule is O=C(CCNS(=O)(=O)c1ccccc1)O[C@@H](C(=O)NC1CC1)c1ccccc1. The fraction of sp³-hybridized carbons (Fsp3) is 0.300. The Balaban J connectivity index is 1.57. The van der Waals surface area contributed by atoms with Gasteiger partial charge in [0.1, 0.15) is 0 Å². The molecule has 0 unspecified atom stereocenters. The van der Waals surface area contributed by atoms with Crippen LogP contribution in [0.5, 0.6) is 0 Å². The second kappa shape index (κ2) is 8.99. The van der Waals surface area contributed by atoms with Gasteiger partial charge in [-0.15, -0.1) is 0 Å². The highest BCUT2D eigenvalue weighted by molar-refractivity contribution is 7.89. The topological polar surface area (TPSA) is 102 Å². The number of benzene rings is 2. The minimum absolute atomic E-state index is 0.120. The van der Waals surface area contributed by atoms with Gasteiger partial charge in [-0.3, -0.25) is 9.59 Å². The molecule has 0 radical (unpaired) electrons. The Labute approximate surface area is 164 Å². The first kappa shape index (κ1) is 20.0. The molecule has 1 saturated carbocycles. The molecule has 8 heteroatoms. The Morgan fingerprint density at radius 1 is 1.00 bits per heavy atom. The average Bonchev–Trinajstić information content (AvgIpc) is 3.51. The second-order valence-corrected chi connectivity index (χ2v) is 8.29. The summed E-state index contributed by atoms with van der Waals surface area (Å²) in [6.07, 6.45) is 0.594. The van der Waals surface area contributed by atoms with Crippen molar-refractivity contribution in [3.63, 3.8) is 0 Å². The van der Waals surface area contributed by atoms with Crippen LogP contribution >= 0.6 is 0 Å². The van der Waals surface area contributed by atoms with Crippen LogP contribution in [0.1, 0.15) is 30.9 Å². The molecule has 1 amide bonds. The van der Waals surface area contributed by atoms with Gasteiger partial charge in [-0.05, 0) is 25.0 Å². The van der Waals surface area contributed by atoms with Gasteiger partial charge in [-0.1, -0.05) is 48.5 Å². The molecule has 0 bridgehead atoms. The third-order valence-electron chi connectivity index (χ3n) is 4.19. The van der Waals surface area contributed by atoms with Gasteiger partial charge in [0.05, 0.1) is 11.3 Å². The predicted molar refractivity (Wildman–Crippen MR) is 103 cm³/mol. The smallest absolute Gasteiger partial charge is 0.308 e. The Morgan fingerprint density at radius 3 is 2.21 bits per heavy atom. The third-order valence-corrected chi connectivity index (χ3v) is 5.67. The number of ether oxygens (including phenoxy) is 1. The van der Waals surface area contributed by atoms with Gasteiger partial charge in [-0.25, -0.2) is 13.1 Å². The van der Waals surface area contributed by atoms with Gasteiger partial charge >= 0.3 is 5.97 Å². The summed E-state index contributed by atoms with van der Waals surface area (Å²) in [5.74, 6) is -1.03. The van der Waals surface area contributed by atoms with E-state index in [-0.39, 0.29) is 29.8 Å². The number of sulfonamides is 1. The van der Waals surface area contributed by atoms with Crippen LogP contribution in [0.2, 0.25) is 0 Å². The molecule has 7 nitrogen and oxygen atoms in total. The molecular formula is C20H22N2O5S. The van der Waals surface area contributed by atoms with Crippen molar-refractivity contribution in [1.82, 2.24) is 10.0 Å². The van der Waals surface area contributed by atoms with E-state index >= 15 is 0 Å². The molecular weight excluding hydrogens is 380 g/mol. The van der Waals surface area contributed by atoms with E-state index in [4.69, 9.17) is 4.74 Å². The number of hydrogen-bond donors (Lipinski definition) is 2. The number of hydrogen-bond acceptors (Lipinski definition) is 5. The van der Waals surface area contributed by atoms with Gasteiger partial charge in [0.15, 0.2) is 0 Å². The lowest BCUT2D eigenvalue weighted by Gasteiger charge is -2.18. The van der Waals surface area contributed by atoms with E-state index in [0.29, 0.717) is 5.56 Å². The van der Waals surface area contributed by atoms with Crippen LogP contribution in [0.15, 0.2) is 65.6 Å². The largest absolute Gasteiger partial charge is 0.447 e. The maximum Gasteiger partial charge on any atom is 0.308 e. The summed E-state index contributed by atoms with van der Waals surface area (Å²) < 4.78 is 32.1. The monoisotopic (exact) mass is 402 g/mol. The normalized spacial score (nSPS) is 14.9. The Kier molecular flexibility index (Phi) is 6.43. The van der Waals surface area contributed by atoms with Crippen molar-refractivity contribution < 1.29 is 22.7 Å². The fourth-order valence-corrected chi connectivity index (χ4v) is 3.62. The minimum atomic E-state index is -3.70. The van der Waals surface area contributed by atoms with Crippen LogP contribution in [0.4, 0.5) is 0 Å². The van der Waals surface area contributed by atoms with Crippen LogP contribution < -0.4 is 10.0 Å². The maximum atomic E-state index is 12.4. The summed E-state index contributed by atoms with van der Waals surface area (Å²) in [5.41, 5.74) is 0.568. The van der Waals surface area contributed by atoms with Crippen LogP contribution in [-0.2, 0) is 24.3 Å². The zero-order chi connectivity index (χ0) is 20.0. The van der Waals surface area contributed by atoms with Gasteiger partial charge in [0, 0.05) is 18.2 Å². The molecule has 1 aliphatic rings. The second-order valence-electron chi connectivity index (χ2n) is 6.52. The molecule has 1 aliphatic carbocycles. The van der Waals surface area contributed by atoms with Crippen LogP contribution in [0.3, 0.4) is 0 Å². The van der Waals surface area contributed by atoms with E-state index < -0.39 is 22.1 Å². The van der Waals surface area contributed by atoms with Crippen molar-refractivity contribution in [1.29, 1.82) is 0 Å². The van der Waals surface area contributed by atoms with E-state index in [1.54, 1.807) is 48.5 Å². The van der Waals surface area contributed by atoms with Crippen molar-refractivity contribution in [2.24, 2.45) is 0 Å². The molecule has 148 valence electrons. The first-order valence-corrected chi connectivity index (χ1v) is 10.5. The molecule has 1 fully saturated rings.